The molecule has 2 unspecified atom stereocenters. The Labute approximate surface area is 129 Å². The lowest BCUT2D eigenvalue weighted by molar-refractivity contribution is -0.0340. The number of aliphatic hydroxyl groups is 1. The van der Waals surface area contributed by atoms with E-state index in [0.717, 1.165) is 5.56 Å². The van der Waals surface area contributed by atoms with Gasteiger partial charge in [0.25, 0.3) is 0 Å². The van der Waals surface area contributed by atoms with Gasteiger partial charge in [-0.25, -0.2) is 4.39 Å². The quantitative estimate of drug-likeness (QED) is 0.868. The molecule has 2 nitrogen and oxygen atoms in total. The van der Waals surface area contributed by atoms with Crippen LogP contribution in [-0.4, -0.2) is 17.8 Å². The average molecular weight is 309 g/mol. The second-order valence-electron chi connectivity index (χ2n) is 4.79. The van der Waals surface area contributed by atoms with Crippen LogP contribution in [0.25, 0.3) is 0 Å². The SMILES string of the molecule is CCOC(c1ccccc1)C(O)Cc1cc(F)ccc1Cl. The van der Waals surface area contributed by atoms with Crippen LogP contribution in [0.2, 0.25) is 5.02 Å². The van der Waals surface area contributed by atoms with Crippen molar-refractivity contribution in [2.45, 2.75) is 25.6 Å². The van der Waals surface area contributed by atoms with E-state index in [0.29, 0.717) is 17.2 Å². The minimum Gasteiger partial charge on any atom is -0.390 e. The van der Waals surface area contributed by atoms with Crippen molar-refractivity contribution in [1.82, 2.24) is 0 Å². The second kappa shape index (κ2) is 7.55. The summed E-state index contributed by atoms with van der Waals surface area (Å²) >= 11 is 6.05. The van der Waals surface area contributed by atoms with Crippen molar-refractivity contribution in [2.75, 3.05) is 6.61 Å². The summed E-state index contributed by atoms with van der Waals surface area (Å²) in [4.78, 5) is 0. The maximum atomic E-state index is 13.3. The van der Waals surface area contributed by atoms with Gasteiger partial charge in [0.1, 0.15) is 11.9 Å². The van der Waals surface area contributed by atoms with Gasteiger partial charge in [-0.1, -0.05) is 41.9 Å². The minimum absolute atomic E-state index is 0.232. The Balaban J connectivity index is 2.19. The summed E-state index contributed by atoms with van der Waals surface area (Å²) in [6, 6.07) is 13.6. The summed E-state index contributed by atoms with van der Waals surface area (Å²) in [6.45, 7) is 2.35. The highest BCUT2D eigenvalue weighted by atomic mass is 35.5. The smallest absolute Gasteiger partial charge is 0.123 e. The van der Waals surface area contributed by atoms with Crippen molar-refractivity contribution in [3.8, 4) is 0 Å². The Kier molecular flexibility index (Phi) is 5.74. The normalized spacial score (nSPS) is 13.9. The molecule has 4 heteroatoms. The van der Waals surface area contributed by atoms with Gasteiger partial charge >= 0.3 is 0 Å². The lowest BCUT2D eigenvalue weighted by Gasteiger charge is -2.23. The van der Waals surface area contributed by atoms with E-state index >= 15 is 0 Å². The highest BCUT2D eigenvalue weighted by Gasteiger charge is 2.22. The van der Waals surface area contributed by atoms with Crippen LogP contribution in [0.4, 0.5) is 4.39 Å². The number of rotatable bonds is 6. The van der Waals surface area contributed by atoms with E-state index in [2.05, 4.69) is 0 Å². The van der Waals surface area contributed by atoms with Crippen molar-refractivity contribution in [3.05, 3.63) is 70.5 Å². The molecule has 2 atom stereocenters. The summed E-state index contributed by atoms with van der Waals surface area (Å²) < 4.78 is 18.9. The standard InChI is InChI=1S/C17H18ClFO2/c1-2-21-17(12-6-4-3-5-7-12)16(20)11-13-10-14(19)8-9-15(13)18/h3-10,16-17,20H,2,11H2,1H3. The molecule has 0 spiro atoms. The Morgan fingerprint density at radius 1 is 1.19 bits per heavy atom. The van der Waals surface area contributed by atoms with Crippen LogP contribution in [0.3, 0.4) is 0 Å². The third-order valence-corrected chi connectivity index (χ3v) is 3.63. The van der Waals surface area contributed by atoms with Crippen molar-refractivity contribution in [2.24, 2.45) is 0 Å². The van der Waals surface area contributed by atoms with Crippen LogP contribution >= 0.6 is 11.6 Å². The number of aliphatic hydroxyl groups excluding tert-OH is 1. The largest absolute Gasteiger partial charge is 0.390 e. The molecule has 0 saturated heterocycles. The molecule has 0 bridgehead atoms. The number of benzene rings is 2. The van der Waals surface area contributed by atoms with E-state index in [9.17, 15) is 9.50 Å². The first-order chi connectivity index (χ1) is 10.1. The molecule has 2 aromatic carbocycles. The van der Waals surface area contributed by atoms with Crippen LogP contribution in [0.5, 0.6) is 0 Å². The molecule has 0 aromatic heterocycles. The van der Waals surface area contributed by atoms with Gasteiger partial charge in [-0.15, -0.1) is 0 Å². The number of halogens is 2. The van der Waals surface area contributed by atoms with E-state index in [4.69, 9.17) is 16.3 Å². The molecule has 0 heterocycles. The third-order valence-electron chi connectivity index (χ3n) is 3.26. The zero-order chi connectivity index (χ0) is 15.2. The first kappa shape index (κ1) is 16.0. The molecule has 2 rings (SSSR count). The van der Waals surface area contributed by atoms with E-state index in [-0.39, 0.29) is 12.2 Å². The number of hydrogen-bond donors (Lipinski definition) is 1. The zero-order valence-electron chi connectivity index (χ0n) is 11.8. The molecular formula is C17H18ClFO2. The molecular weight excluding hydrogens is 291 g/mol. The minimum atomic E-state index is -0.799. The first-order valence-electron chi connectivity index (χ1n) is 6.90. The fourth-order valence-corrected chi connectivity index (χ4v) is 2.48. The van der Waals surface area contributed by atoms with Gasteiger partial charge in [-0.3, -0.25) is 0 Å². The third kappa shape index (κ3) is 4.27. The lowest BCUT2D eigenvalue weighted by atomic mass is 9.98. The molecule has 0 aliphatic rings. The lowest BCUT2D eigenvalue weighted by Crippen LogP contribution is -2.24. The highest BCUT2D eigenvalue weighted by Crippen LogP contribution is 2.26. The van der Waals surface area contributed by atoms with Gasteiger partial charge in [0.15, 0.2) is 0 Å². The molecule has 21 heavy (non-hydrogen) atoms. The van der Waals surface area contributed by atoms with Crippen LogP contribution in [0.1, 0.15) is 24.2 Å². The van der Waals surface area contributed by atoms with Crippen molar-refractivity contribution in [3.63, 3.8) is 0 Å². The predicted molar refractivity (Wildman–Crippen MR) is 81.9 cm³/mol. The Morgan fingerprint density at radius 3 is 2.57 bits per heavy atom. The number of ether oxygens (including phenoxy) is 1. The predicted octanol–water partition coefficient (Wildman–Crippen LogP) is 4.16. The molecule has 112 valence electrons. The maximum Gasteiger partial charge on any atom is 0.123 e. The van der Waals surface area contributed by atoms with E-state index in [1.165, 1.54) is 18.2 Å². The topological polar surface area (TPSA) is 29.5 Å². The zero-order valence-corrected chi connectivity index (χ0v) is 12.6. The fraction of sp³-hybridized carbons (Fsp3) is 0.294. The summed E-state index contributed by atoms with van der Waals surface area (Å²) in [7, 11) is 0. The van der Waals surface area contributed by atoms with Gasteiger partial charge in [0.05, 0.1) is 6.10 Å². The van der Waals surface area contributed by atoms with Gasteiger partial charge in [-0.05, 0) is 36.2 Å². The molecule has 0 amide bonds. The van der Waals surface area contributed by atoms with Crippen molar-refractivity contribution < 1.29 is 14.2 Å². The summed E-state index contributed by atoms with van der Waals surface area (Å²) in [5.41, 5.74) is 1.46. The number of hydrogen-bond acceptors (Lipinski definition) is 2. The Morgan fingerprint density at radius 2 is 1.90 bits per heavy atom. The monoisotopic (exact) mass is 308 g/mol. The van der Waals surface area contributed by atoms with Gasteiger partial charge in [0.2, 0.25) is 0 Å². The summed E-state index contributed by atoms with van der Waals surface area (Å²) in [6.07, 6.45) is -1.03. The fourth-order valence-electron chi connectivity index (χ4n) is 2.28. The van der Waals surface area contributed by atoms with E-state index in [1.807, 2.05) is 37.3 Å². The van der Waals surface area contributed by atoms with Crippen molar-refractivity contribution >= 4 is 11.6 Å². The molecule has 2 aromatic rings. The van der Waals surface area contributed by atoms with E-state index in [1.54, 1.807) is 0 Å². The molecule has 0 aliphatic carbocycles. The maximum absolute atomic E-state index is 13.3. The second-order valence-corrected chi connectivity index (χ2v) is 5.20. The molecule has 0 aliphatic heterocycles. The average Bonchev–Trinajstić information content (AvgIpc) is 2.49. The molecule has 0 radical (unpaired) electrons. The summed E-state index contributed by atoms with van der Waals surface area (Å²) in [5.74, 6) is -0.366. The van der Waals surface area contributed by atoms with Crippen LogP contribution in [0, 0.1) is 5.82 Å². The Bertz CT molecular complexity index is 574. The van der Waals surface area contributed by atoms with Crippen molar-refractivity contribution in [1.29, 1.82) is 0 Å². The van der Waals surface area contributed by atoms with Gasteiger partial charge in [-0.2, -0.15) is 0 Å². The highest BCUT2D eigenvalue weighted by molar-refractivity contribution is 6.31. The van der Waals surface area contributed by atoms with Crippen LogP contribution in [0.15, 0.2) is 48.5 Å². The molecule has 0 fully saturated rings. The summed E-state index contributed by atoms with van der Waals surface area (Å²) in [5, 5.41) is 10.9. The van der Waals surface area contributed by atoms with E-state index < -0.39 is 12.2 Å². The molecule has 1 N–H and O–H groups in total. The van der Waals surface area contributed by atoms with Gasteiger partial charge < -0.3 is 9.84 Å². The molecule has 0 saturated carbocycles. The van der Waals surface area contributed by atoms with Crippen LogP contribution in [-0.2, 0) is 11.2 Å². The first-order valence-corrected chi connectivity index (χ1v) is 7.28. The Hall–Kier alpha value is -1.42. The van der Waals surface area contributed by atoms with Gasteiger partial charge in [0, 0.05) is 18.1 Å². The van der Waals surface area contributed by atoms with Crippen LogP contribution < -0.4 is 0 Å².